The second-order valence-corrected chi connectivity index (χ2v) is 9.35. The fourth-order valence-corrected chi connectivity index (χ4v) is 3.90. The first-order valence-electron chi connectivity index (χ1n) is 10.4. The predicted octanol–water partition coefficient (Wildman–Crippen LogP) is 5.02. The third-order valence-electron chi connectivity index (χ3n) is 4.74. The van der Waals surface area contributed by atoms with E-state index in [0.717, 1.165) is 16.2 Å². The molecular formula is C24H31ClN2O3S. The molecule has 7 heteroatoms. The highest BCUT2D eigenvalue weighted by molar-refractivity contribution is 7.99. The van der Waals surface area contributed by atoms with Gasteiger partial charge in [-0.1, -0.05) is 37.6 Å². The van der Waals surface area contributed by atoms with Gasteiger partial charge in [-0.05, 0) is 54.8 Å². The topological polar surface area (TPSA) is 58.6 Å². The normalized spacial score (nSPS) is 11.8. The molecule has 5 nitrogen and oxygen atoms in total. The molecule has 0 aliphatic rings. The number of hydrogen-bond acceptors (Lipinski definition) is 4. The van der Waals surface area contributed by atoms with Gasteiger partial charge in [0, 0.05) is 35.2 Å². The minimum absolute atomic E-state index is 0.0588. The van der Waals surface area contributed by atoms with Crippen LogP contribution in [0.2, 0.25) is 5.02 Å². The van der Waals surface area contributed by atoms with Crippen molar-refractivity contribution in [3.05, 3.63) is 59.1 Å². The highest BCUT2D eigenvalue weighted by Gasteiger charge is 2.26. The van der Waals surface area contributed by atoms with E-state index in [-0.39, 0.29) is 11.8 Å². The van der Waals surface area contributed by atoms with E-state index in [1.165, 1.54) is 0 Å². The highest BCUT2D eigenvalue weighted by Crippen LogP contribution is 2.22. The third-order valence-corrected chi connectivity index (χ3v) is 6.00. The number of thioether (sulfide) groups is 1. The summed E-state index contributed by atoms with van der Waals surface area (Å²) in [7, 11) is 1.61. The Bertz CT molecular complexity index is 858. The van der Waals surface area contributed by atoms with E-state index in [0.29, 0.717) is 36.2 Å². The second kappa shape index (κ2) is 12.6. The summed E-state index contributed by atoms with van der Waals surface area (Å²) in [6.45, 7) is 6.78. The Morgan fingerprint density at radius 2 is 1.84 bits per heavy atom. The fraction of sp³-hybridized carbons (Fsp3) is 0.417. The molecule has 0 saturated carbocycles. The summed E-state index contributed by atoms with van der Waals surface area (Å²) in [5, 5.41) is 3.62. The van der Waals surface area contributed by atoms with Crippen molar-refractivity contribution >= 4 is 35.2 Å². The lowest BCUT2D eigenvalue weighted by atomic mass is 10.1. The SMILES string of the molecule is COc1cccc(CN(C(=O)CCSc2ccc(Cl)cc2)[C@@H](C)C(=O)NCC(C)C)c1. The van der Waals surface area contributed by atoms with E-state index in [1.807, 2.05) is 62.4 Å². The second-order valence-electron chi connectivity index (χ2n) is 7.74. The van der Waals surface area contributed by atoms with Crippen LogP contribution in [-0.4, -0.2) is 42.2 Å². The van der Waals surface area contributed by atoms with Crippen molar-refractivity contribution in [2.75, 3.05) is 19.4 Å². The first-order valence-corrected chi connectivity index (χ1v) is 11.7. The van der Waals surface area contributed by atoms with Crippen LogP contribution < -0.4 is 10.1 Å². The molecule has 2 amide bonds. The van der Waals surface area contributed by atoms with Crippen molar-refractivity contribution in [1.29, 1.82) is 0 Å². The molecule has 0 aliphatic carbocycles. The summed E-state index contributed by atoms with van der Waals surface area (Å²) in [6.07, 6.45) is 0.332. The zero-order valence-electron chi connectivity index (χ0n) is 18.6. The van der Waals surface area contributed by atoms with Crippen molar-refractivity contribution < 1.29 is 14.3 Å². The molecule has 0 saturated heterocycles. The maximum atomic E-state index is 13.1. The number of methoxy groups -OCH3 is 1. The Morgan fingerprint density at radius 1 is 1.13 bits per heavy atom. The smallest absolute Gasteiger partial charge is 0.242 e. The minimum Gasteiger partial charge on any atom is -0.497 e. The number of ether oxygens (including phenoxy) is 1. The van der Waals surface area contributed by atoms with E-state index in [4.69, 9.17) is 16.3 Å². The van der Waals surface area contributed by atoms with Crippen molar-refractivity contribution in [2.45, 2.75) is 44.7 Å². The van der Waals surface area contributed by atoms with Gasteiger partial charge in [-0.3, -0.25) is 9.59 Å². The predicted molar refractivity (Wildman–Crippen MR) is 128 cm³/mol. The molecule has 0 fully saturated rings. The first-order chi connectivity index (χ1) is 14.8. The fourth-order valence-electron chi connectivity index (χ4n) is 2.93. The van der Waals surface area contributed by atoms with Crippen molar-refractivity contribution in [2.24, 2.45) is 5.92 Å². The van der Waals surface area contributed by atoms with Gasteiger partial charge in [0.05, 0.1) is 7.11 Å². The largest absolute Gasteiger partial charge is 0.497 e. The number of nitrogens with one attached hydrogen (secondary N) is 1. The summed E-state index contributed by atoms with van der Waals surface area (Å²) in [4.78, 5) is 28.5. The van der Waals surface area contributed by atoms with Crippen LogP contribution in [0.15, 0.2) is 53.4 Å². The van der Waals surface area contributed by atoms with Gasteiger partial charge in [-0.2, -0.15) is 0 Å². The number of amides is 2. The lowest BCUT2D eigenvalue weighted by Gasteiger charge is -2.29. The summed E-state index contributed by atoms with van der Waals surface area (Å²) < 4.78 is 5.30. The summed E-state index contributed by atoms with van der Waals surface area (Å²) in [6, 6.07) is 14.5. The molecule has 0 aliphatic heterocycles. The molecular weight excluding hydrogens is 432 g/mol. The molecule has 0 aromatic heterocycles. The average Bonchev–Trinajstić information content (AvgIpc) is 2.76. The Balaban J connectivity index is 2.07. The number of nitrogens with zero attached hydrogens (tertiary/aromatic N) is 1. The molecule has 0 radical (unpaired) electrons. The average molecular weight is 463 g/mol. The van der Waals surface area contributed by atoms with Gasteiger partial charge < -0.3 is 15.0 Å². The van der Waals surface area contributed by atoms with E-state index in [2.05, 4.69) is 5.32 Å². The molecule has 0 bridgehead atoms. The van der Waals surface area contributed by atoms with Gasteiger partial charge in [0.1, 0.15) is 11.8 Å². The Labute approximate surface area is 194 Å². The van der Waals surface area contributed by atoms with Gasteiger partial charge in [-0.15, -0.1) is 11.8 Å². The highest BCUT2D eigenvalue weighted by atomic mass is 35.5. The molecule has 0 unspecified atom stereocenters. The molecule has 2 aromatic carbocycles. The summed E-state index contributed by atoms with van der Waals surface area (Å²) in [5.41, 5.74) is 0.918. The number of halogens is 1. The Morgan fingerprint density at radius 3 is 2.48 bits per heavy atom. The van der Waals surface area contributed by atoms with E-state index in [9.17, 15) is 9.59 Å². The molecule has 2 rings (SSSR count). The van der Waals surface area contributed by atoms with Crippen molar-refractivity contribution in [1.82, 2.24) is 10.2 Å². The summed E-state index contributed by atoms with van der Waals surface area (Å²) in [5.74, 6) is 1.48. The van der Waals surface area contributed by atoms with Crippen LogP contribution in [0.25, 0.3) is 0 Å². The number of hydrogen-bond donors (Lipinski definition) is 1. The van der Waals surface area contributed by atoms with Gasteiger partial charge in [0.15, 0.2) is 0 Å². The minimum atomic E-state index is -0.571. The first kappa shape index (κ1) is 25.1. The quantitative estimate of drug-likeness (QED) is 0.476. The van der Waals surface area contributed by atoms with E-state index < -0.39 is 6.04 Å². The lowest BCUT2D eigenvalue weighted by Crippen LogP contribution is -2.48. The maximum absolute atomic E-state index is 13.1. The van der Waals surface area contributed by atoms with Crippen LogP contribution in [0.3, 0.4) is 0 Å². The Hall–Kier alpha value is -2.18. The summed E-state index contributed by atoms with van der Waals surface area (Å²) >= 11 is 7.52. The van der Waals surface area contributed by atoms with Crippen molar-refractivity contribution in [3.8, 4) is 5.75 Å². The molecule has 1 N–H and O–H groups in total. The van der Waals surface area contributed by atoms with Crippen LogP contribution in [0.5, 0.6) is 5.75 Å². The number of carbonyl (C=O) groups excluding carboxylic acids is 2. The molecule has 0 spiro atoms. The van der Waals surface area contributed by atoms with Gasteiger partial charge in [0.2, 0.25) is 11.8 Å². The van der Waals surface area contributed by atoms with Crippen LogP contribution in [-0.2, 0) is 16.1 Å². The number of rotatable bonds is 11. The standard InChI is InChI=1S/C24H31ClN2O3S/c1-17(2)15-26-24(29)18(3)27(16-19-6-5-7-21(14-19)30-4)23(28)12-13-31-22-10-8-20(25)9-11-22/h5-11,14,17-18H,12-13,15-16H2,1-4H3,(H,26,29)/t18-/m0/s1. The van der Waals surface area contributed by atoms with Gasteiger partial charge in [0.25, 0.3) is 0 Å². The van der Waals surface area contributed by atoms with E-state index in [1.54, 1.807) is 30.7 Å². The van der Waals surface area contributed by atoms with Gasteiger partial charge >= 0.3 is 0 Å². The van der Waals surface area contributed by atoms with Gasteiger partial charge in [-0.25, -0.2) is 0 Å². The number of carbonyl (C=O) groups is 2. The maximum Gasteiger partial charge on any atom is 0.242 e. The van der Waals surface area contributed by atoms with Crippen LogP contribution in [0.4, 0.5) is 0 Å². The monoisotopic (exact) mass is 462 g/mol. The zero-order chi connectivity index (χ0) is 22.8. The molecule has 1 atom stereocenters. The molecule has 31 heavy (non-hydrogen) atoms. The van der Waals surface area contributed by atoms with Crippen LogP contribution in [0, 0.1) is 5.92 Å². The Kier molecular flexibility index (Phi) is 10.2. The number of benzene rings is 2. The zero-order valence-corrected chi connectivity index (χ0v) is 20.1. The molecule has 2 aromatic rings. The van der Waals surface area contributed by atoms with Crippen LogP contribution >= 0.6 is 23.4 Å². The van der Waals surface area contributed by atoms with Crippen LogP contribution in [0.1, 0.15) is 32.8 Å². The van der Waals surface area contributed by atoms with E-state index >= 15 is 0 Å². The molecule has 0 heterocycles. The third kappa shape index (κ3) is 8.46. The molecule has 168 valence electrons. The van der Waals surface area contributed by atoms with Crippen molar-refractivity contribution in [3.63, 3.8) is 0 Å². The lowest BCUT2D eigenvalue weighted by molar-refractivity contribution is -0.140.